The van der Waals surface area contributed by atoms with Crippen molar-refractivity contribution in [2.75, 3.05) is 0 Å². The van der Waals surface area contributed by atoms with Gasteiger partial charge < -0.3 is 14.0 Å². The smallest absolute Gasteiger partial charge is 0.227 e. The van der Waals surface area contributed by atoms with Crippen molar-refractivity contribution in [1.29, 1.82) is 0 Å². The van der Waals surface area contributed by atoms with E-state index in [0.29, 0.717) is 30.2 Å². The minimum Gasteiger partial charge on any atom is -0.460 e. The van der Waals surface area contributed by atoms with Crippen molar-refractivity contribution >= 4 is 11.8 Å². The Morgan fingerprint density at radius 3 is 2.89 bits per heavy atom. The average Bonchev–Trinajstić information content (AvgIpc) is 3.06. The van der Waals surface area contributed by atoms with E-state index in [0.717, 1.165) is 22.1 Å². The third-order valence-electron chi connectivity index (χ3n) is 4.46. The lowest BCUT2D eigenvalue weighted by Crippen LogP contribution is -2.19. The number of fused-ring (bicyclic) bond motifs is 1. The molecular formula is C21H20FN3O2S. The average molecular weight is 397 g/mol. The molecule has 0 fully saturated rings. The molecule has 0 bridgehead atoms. The van der Waals surface area contributed by atoms with E-state index in [2.05, 4.69) is 16.8 Å². The molecule has 2 heterocycles. The predicted octanol–water partition coefficient (Wildman–Crippen LogP) is 4.81. The summed E-state index contributed by atoms with van der Waals surface area (Å²) in [5.74, 6) is 1.71. The molecule has 0 amide bonds. The molecule has 0 aliphatic carbocycles. The number of aromatic nitrogens is 3. The summed E-state index contributed by atoms with van der Waals surface area (Å²) in [4.78, 5) is 0. The van der Waals surface area contributed by atoms with Crippen LogP contribution in [0.15, 0.2) is 60.3 Å². The molecule has 1 aromatic heterocycles. The van der Waals surface area contributed by atoms with Crippen LogP contribution in [0.5, 0.6) is 5.75 Å². The second kappa shape index (κ2) is 8.16. The molecule has 7 heteroatoms. The maximum atomic E-state index is 14.1. The van der Waals surface area contributed by atoms with Crippen LogP contribution in [0.4, 0.5) is 4.39 Å². The molecule has 28 heavy (non-hydrogen) atoms. The van der Waals surface area contributed by atoms with E-state index < -0.39 is 6.29 Å². The molecule has 5 nitrogen and oxygen atoms in total. The zero-order valence-corrected chi connectivity index (χ0v) is 16.3. The van der Waals surface area contributed by atoms with Gasteiger partial charge in [0.25, 0.3) is 0 Å². The number of hydrogen-bond acceptors (Lipinski definition) is 5. The van der Waals surface area contributed by atoms with Crippen LogP contribution in [0.1, 0.15) is 28.8 Å². The van der Waals surface area contributed by atoms with Gasteiger partial charge in [-0.05, 0) is 19.1 Å². The highest BCUT2D eigenvalue weighted by molar-refractivity contribution is 7.98. The van der Waals surface area contributed by atoms with E-state index in [1.54, 1.807) is 6.08 Å². The Hall–Kier alpha value is -2.64. The van der Waals surface area contributed by atoms with Crippen LogP contribution in [-0.2, 0) is 23.6 Å². The van der Waals surface area contributed by atoms with Gasteiger partial charge in [0.05, 0.1) is 6.61 Å². The zero-order chi connectivity index (χ0) is 19.5. The Bertz CT molecular complexity index is 991. The highest BCUT2D eigenvalue weighted by atomic mass is 32.2. The molecule has 0 radical (unpaired) electrons. The lowest BCUT2D eigenvalue weighted by atomic mass is 10.1. The first-order chi connectivity index (χ1) is 13.7. The van der Waals surface area contributed by atoms with Gasteiger partial charge in [-0.1, -0.05) is 48.2 Å². The fourth-order valence-electron chi connectivity index (χ4n) is 3.11. The summed E-state index contributed by atoms with van der Waals surface area (Å²) >= 11 is 1.49. The summed E-state index contributed by atoms with van der Waals surface area (Å²) in [6, 6.07) is 12.7. The quantitative estimate of drug-likeness (QED) is 0.441. The first-order valence-corrected chi connectivity index (χ1v) is 9.92. The van der Waals surface area contributed by atoms with Crippen LogP contribution < -0.4 is 4.74 Å². The number of allylic oxidation sites excluding steroid dienone is 1. The van der Waals surface area contributed by atoms with E-state index in [1.807, 2.05) is 41.8 Å². The largest absolute Gasteiger partial charge is 0.460 e. The molecule has 2 aromatic carbocycles. The van der Waals surface area contributed by atoms with Crippen LogP contribution in [-0.4, -0.2) is 14.8 Å². The number of thioether (sulfide) groups is 1. The number of benzene rings is 2. The van der Waals surface area contributed by atoms with Gasteiger partial charge in [0.1, 0.15) is 17.4 Å². The first-order valence-electron chi connectivity index (χ1n) is 8.93. The van der Waals surface area contributed by atoms with Crippen molar-refractivity contribution in [3.8, 4) is 5.75 Å². The Morgan fingerprint density at radius 1 is 1.29 bits per heavy atom. The summed E-state index contributed by atoms with van der Waals surface area (Å²) in [6.07, 6.45) is 1.30. The second-order valence-corrected chi connectivity index (χ2v) is 7.38. The van der Waals surface area contributed by atoms with Gasteiger partial charge in [0, 0.05) is 29.0 Å². The Morgan fingerprint density at radius 2 is 2.11 bits per heavy atom. The van der Waals surface area contributed by atoms with Crippen LogP contribution >= 0.6 is 11.8 Å². The Labute approximate surface area is 167 Å². The number of hydrogen-bond donors (Lipinski definition) is 0. The lowest BCUT2D eigenvalue weighted by Gasteiger charge is -2.28. The fourth-order valence-corrected chi connectivity index (χ4v) is 4.07. The maximum absolute atomic E-state index is 14.1. The third-order valence-corrected chi connectivity index (χ3v) is 5.48. The zero-order valence-electron chi connectivity index (χ0n) is 15.5. The molecule has 0 saturated carbocycles. The SMILES string of the molecule is C=CCn1c(C)nnc1SCc1cc(F)cc2c1OC(c1ccccc1)OC2. The van der Waals surface area contributed by atoms with Crippen LogP contribution in [0.25, 0.3) is 0 Å². The summed E-state index contributed by atoms with van der Waals surface area (Å²) < 4.78 is 28.0. The van der Waals surface area contributed by atoms with Crippen molar-refractivity contribution in [1.82, 2.24) is 14.8 Å². The molecule has 4 rings (SSSR count). The molecular weight excluding hydrogens is 377 g/mol. The third kappa shape index (κ3) is 3.81. The molecule has 0 saturated heterocycles. The minimum absolute atomic E-state index is 0.302. The summed E-state index contributed by atoms with van der Waals surface area (Å²) in [6.45, 7) is 6.60. The first kappa shape index (κ1) is 18.7. The fraction of sp³-hybridized carbons (Fsp3) is 0.238. The van der Waals surface area contributed by atoms with Gasteiger partial charge >= 0.3 is 0 Å². The number of ether oxygens (including phenoxy) is 2. The van der Waals surface area contributed by atoms with Crippen LogP contribution in [0.3, 0.4) is 0 Å². The molecule has 1 atom stereocenters. The molecule has 1 aliphatic heterocycles. The summed E-state index contributed by atoms with van der Waals surface area (Å²) in [5.41, 5.74) is 2.42. The molecule has 144 valence electrons. The standard InChI is InChI=1S/C21H20FN3O2S/c1-3-9-25-14(2)23-24-21(25)28-13-17-11-18(22)10-16-12-26-20(27-19(16)17)15-7-5-4-6-8-15/h3-8,10-11,20H,1,9,12-13H2,2H3. The van der Waals surface area contributed by atoms with E-state index >= 15 is 0 Å². The van der Waals surface area contributed by atoms with Gasteiger partial charge in [0.2, 0.25) is 6.29 Å². The van der Waals surface area contributed by atoms with E-state index in [-0.39, 0.29) is 5.82 Å². The van der Waals surface area contributed by atoms with Gasteiger partial charge in [0.15, 0.2) is 5.16 Å². The van der Waals surface area contributed by atoms with Gasteiger partial charge in [-0.15, -0.1) is 16.8 Å². The van der Waals surface area contributed by atoms with Crippen molar-refractivity contribution in [2.45, 2.75) is 37.3 Å². The topological polar surface area (TPSA) is 49.2 Å². The van der Waals surface area contributed by atoms with Crippen molar-refractivity contribution in [3.05, 3.63) is 83.5 Å². The Kier molecular flexibility index (Phi) is 5.45. The molecule has 1 aliphatic rings. The van der Waals surface area contributed by atoms with Crippen molar-refractivity contribution in [3.63, 3.8) is 0 Å². The number of nitrogens with zero attached hydrogens (tertiary/aromatic N) is 3. The molecule has 1 unspecified atom stereocenters. The monoisotopic (exact) mass is 397 g/mol. The Balaban J connectivity index is 1.59. The van der Waals surface area contributed by atoms with E-state index in [4.69, 9.17) is 9.47 Å². The molecule has 3 aromatic rings. The van der Waals surface area contributed by atoms with E-state index in [9.17, 15) is 4.39 Å². The van der Waals surface area contributed by atoms with Crippen LogP contribution in [0, 0.1) is 12.7 Å². The highest BCUT2D eigenvalue weighted by Crippen LogP contribution is 2.38. The summed E-state index contributed by atoms with van der Waals surface area (Å²) in [5, 5.41) is 9.10. The lowest BCUT2D eigenvalue weighted by molar-refractivity contribution is -0.112. The van der Waals surface area contributed by atoms with Gasteiger partial charge in [-0.2, -0.15) is 0 Å². The molecule has 0 spiro atoms. The molecule has 0 N–H and O–H groups in total. The van der Waals surface area contributed by atoms with Gasteiger partial charge in [-0.3, -0.25) is 0 Å². The van der Waals surface area contributed by atoms with Crippen molar-refractivity contribution < 1.29 is 13.9 Å². The number of aryl methyl sites for hydroxylation is 1. The van der Waals surface area contributed by atoms with E-state index in [1.165, 1.54) is 23.9 Å². The second-order valence-electron chi connectivity index (χ2n) is 6.44. The minimum atomic E-state index is -0.505. The van der Waals surface area contributed by atoms with Crippen LogP contribution in [0.2, 0.25) is 0 Å². The maximum Gasteiger partial charge on any atom is 0.227 e. The summed E-state index contributed by atoms with van der Waals surface area (Å²) in [7, 11) is 0. The normalized spacial score (nSPS) is 15.7. The number of halogens is 1. The predicted molar refractivity (Wildman–Crippen MR) is 106 cm³/mol. The highest BCUT2D eigenvalue weighted by Gasteiger charge is 2.25. The number of rotatable bonds is 6. The van der Waals surface area contributed by atoms with Gasteiger partial charge in [-0.25, -0.2) is 4.39 Å². The van der Waals surface area contributed by atoms with Crippen molar-refractivity contribution in [2.24, 2.45) is 0 Å².